The first-order valence-corrected chi connectivity index (χ1v) is 4.63. The normalized spacial score (nSPS) is 19.0. The standard InChI is InChI=1S/C12H11FO/c1-8-6-9-7-10(13)2-3-12(9)11(8)4-5-14/h2-3,5-7,11H,4H2,1H3. The molecule has 1 aliphatic rings. The van der Waals surface area contributed by atoms with Crippen LogP contribution in [0.3, 0.4) is 0 Å². The van der Waals surface area contributed by atoms with Crippen LogP contribution in [0.25, 0.3) is 6.08 Å². The summed E-state index contributed by atoms with van der Waals surface area (Å²) >= 11 is 0. The van der Waals surface area contributed by atoms with Gasteiger partial charge in [0.05, 0.1) is 0 Å². The molecule has 1 unspecified atom stereocenters. The van der Waals surface area contributed by atoms with Crippen LogP contribution in [0.4, 0.5) is 4.39 Å². The van der Waals surface area contributed by atoms with E-state index >= 15 is 0 Å². The quantitative estimate of drug-likeness (QED) is 0.655. The molecule has 0 amide bonds. The Morgan fingerprint density at radius 1 is 1.50 bits per heavy atom. The van der Waals surface area contributed by atoms with Crippen LogP contribution in [-0.2, 0) is 4.79 Å². The van der Waals surface area contributed by atoms with E-state index in [1.807, 2.05) is 13.0 Å². The molecule has 1 atom stereocenters. The minimum atomic E-state index is -0.223. The van der Waals surface area contributed by atoms with Crippen molar-refractivity contribution in [2.45, 2.75) is 19.3 Å². The maximum absolute atomic E-state index is 12.9. The van der Waals surface area contributed by atoms with Gasteiger partial charge in [-0.3, -0.25) is 0 Å². The third-order valence-electron chi connectivity index (χ3n) is 2.69. The highest BCUT2D eigenvalue weighted by Crippen LogP contribution is 2.37. The van der Waals surface area contributed by atoms with Gasteiger partial charge < -0.3 is 4.79 Å². The second-order valence-electron chi connectivity index (χ2n) is 3.62. The molecular weight excluding hydrogens is 179 g/mol. The number of halogens is 1. The molecule has 1 aromatic carbocycles. The molecule has 0 radical (unpaired) electrons. The molecule has 0 fully saturated rings. The average molecular weight is 190 g/mol. The Balaban J connectivity index is 2.44. The number of fused-ring (bicyclic) bond motifs is 1. The number of hydrogen-bond donors (Lipinski definition) is 0. The summed E-state index contributed by atoms with van der Waals surface area (Å²) < 4.78 is 12.9. The second-order valence-corrected chi connectivity index (χ2v) is 3.62. The molecule has 0 heterocycles. The van der Waals surface area contributed by atoms with Crippen molar-refractivity contribution in [3.8, 4) is 0 Å². The fraction of sp³-hybridized carbons (Fsp3) is 0.250. The van der Waals surface area contributed by atoms with E-state index in [2.05, 4.69) is 0 Å². The van der Waals surface area contributed by atoms with E-state index in [4.69, 9.17) is 0 Å². The lowest BCUT2D eigenvalue weighted by Crippen LogP contribution is -1.97. The molecule has 0 aliphatic heterocycles. The molecule has 0 saturated heterocycles. The molecule has 72 valence electrons. The lowest BCUT2D eigenvalue weighted by atomic mass is 9.94. The zero-order chi connectivity index (χ0) is 10.1. The van der Waals surface area contributed by atoms with Crippen LogP contribution in [0, 0.1) is 5.82 Å². The zero-order valence-electron chi connectivity index (χ0n) is 7.96. The first-order valence-electron chi connectivity index (χ1n) is 4.63. The minimum Gasteiger partial charge on any atom is -0.303 e. The van der Waals surface area contributed by atoms with Gasteiger partial charge in [0, 0.05) is 12.3 Å². The highest BCUT2D eigenvalue weighted by molar-refractivity contribution is 5.68. The summed E-state index contributed by atoms with van der Waals surface area (Å²) in [6, 6.07) is 4.73. The molecule has 0 saturated carbocycles. The maximum Gasteiger partial charge on any atom is 0.123 e. The van der Waals surface area contributed by atoms with Gasteiger partial charge in [0.15, 0.2) is 0 Å². The monoisotopic (exact) mass is 190 g/mol. The van der Waals surface area contributed by atoms with Gasteiger partial charge in [0.2, 0.25) is 0 Å². The summed E-state index contributed by atoms with van der Waals surface area (Å²) in [4.78, 5) is 10.5. The van der Waals surface area contributed by atoms with E-state index in [0.29, 0.717) is 6.42 Å². The minimum absolute atomic E-state index is 0.156. The smallest absolute Gasteiger partial charge is 0.123 e. The summed E-state index contributed by atoms with van der Waals surface area (Å²) in [6.07, 6.45) is 3.36. The van der Waals surface area contributed by atoms with Crippen LogP contribution >= 0.6 is 0 Å². The van der Waals surface area contributed by atoms with Crippen molar-refractivity contribution < 1.29 is 9.18 Å². The van der Waals surface area contributed by atoms with Crippen molar-refractivity contribution in [2.24, 2.45) is 0 Å². The SMILES string of the molecule is CC1=Cc2cc(F)ccc2C1CC=O. The lowest BCUT2D eigenvalue weighted by Gasteiger charge is -2.10. The first-order chi connectivity index (χ1) is 6.72. The number of rotatable bonds is 2. The Morgan fingerprint density at radius 2 is 2.29 bits per heavy atom. The fourth-order valence-electron chi connectivity index (χ4n) is 1.99. The average Bonchev–Trinajstić information content (AvgIpc) is 2.43. The largest absolute Gasteiger partial charge is 0.303 e. The molecule has 14 heavy (non-hydrogen) atoms. The Kier molecular flexibility index (Phi) is 2.20. The van der Waals surface area contributed by atoms with Gasteiger partial charge in [-0.15, -0.1) is 0 Å². The number of benzene rings is 1. The first kappa shape index (κ1) is 9.13. The number of carbonyl (C=O) groups is 1. The topological polar surface area (TPSA) is 17.1 Å². The van der Waals surface area contributed by atoms with Crippen LogP contribution in [0.5, 0.6) is 0 Å². The third kappa shape index (κ3) is 1.37. The van der Waals surface area contributed by atoms with E-state index < -0.39 is 0 Å². The molecule has 1 nitrogen and oxygen atoms in total. The molecule has 1 aromatic rings. The van der Waals surface area contributed by atoms with Gasteiger partial charge in [-0.05, 0) is 30.2 Å². The molecule has 2 heteroatoms. The van der Waals surface area contributed by atoms with Crippen molar-refractivity contribution in [1.82, 2.24) is 0 Å². The second kappa shape index (κ2) is 3.37. The van der Waals surface area contributed by atoms with Gasteiger partial charge in [0.25, 0.3) is 0 Å². The van der Waals surface area contributed by atoms with Crippen molar-refractivity contribution in [1.29, 1.82) is 0 Å². The van der Waals surface area contributed by atoms with Crippen LogP contribution < -0.4 is 0 Å². The number of allylic oxidation sites excluding steroid dienone is 1. The summed E-state index contributed by atoms with van der Waals surface area (Å²) in [5.41, 5.74) is 3.11. The van der Waals surface area contributed by atoms with Crippen molar-refractivity contribution in [3.63, 3.8) is 0 Å². The summed E-state index contributed by atoms with van der Waals surface area (Å²) in [7, 11) is 0. The Morgan fingerprint density at radius 3 is 3.00 bits per heavy atom. The zero-order valence-corrected chi connectivity index (χ0v) is 7.96. The Labute approximate surface area is 82.3 Å². The lowest BCUT2D eigenvalue weighted by molar-refractivity contribution is -0.108. The molecule has 0 spiro atoms. The highest BCUT2D eigenvalue weighted by Gasteiger charge is 2.21. The number of carbonyl (C=O) groups excluding carboxylic acids is 1. The van der Waals surface area contributed by atoms with Crippen LogP contribution in [0.1, 0.15) is 30.4 Å². The van der Waals surface area contributed by atoms with Crippen LogP contribution in [0.15, 0.2) is 23.8 Å². The fourth-order valence-corrected chi connectivity index (χ4v) is 1.99. The van der Waals surface area contributed by atoms with E-state index in [-0.39, 0.29) is 11.7 Å². The molecule has 0 N–H and O–H groups in total. The van der Waals surface area contributed by atoms with Crippen molar-refractivity contribution >= 4 is 12.4 Å². The van der Waals surface area contributed by atoms with Gasteiger partial charge in [-0.2, -0.15) is 0 Å². The summed E-state index contributed by atoms with van der Waals surface area (Å²) in [6.45, 7) is 1.98. The predicted octanol–water partition coefficient (Wildman–Crippen LogP) is 2.92. The molecule has 0 aromatic heterocycles. The van der Waals surface area contributed by atoms with Crippen molar-refractivity contribution in [3.05, 3.63) is 40.7 Å². The van der Waals surface area contributed by atoms with Crippen molar-refractivity contribution in [2.75, 3.05) is 0 Å². The molecule has 2 rings (SSSR count). The number of hydrogen-bond acceptors (Lipinski definition) is 1. The summed E-state index contributed by atoms with van der Waals surface area (Å²) in [5.74, 6) is -0.0670. The van der Waals surface area contributed by atoms with E-state index in [0.717, 1.165) is 23.0 Å². The van der Waals surface area contributed by atoms with Gasteiger partial charge in [-0.1, -0.05) is 17.7 Å². The van der Waals surface area contributed by atoms with Crippen LogP contribution in [-0.4, -0.2) is 6.29 Å². The van der Waals surface area contributed by atoms with Gasteiger partial charge >= 0.3 is 0 Å². The van der Waals surface area contributed by atoms with Crippen LogP contribution in [0.2, 0.25) is 0 Å². The molecule has 1 aliphatic carbocycles. The third-order valence-corrected chi connectivity index (χ3v) is 2.69. The van der Waals surface area contributed by atoms with Gasteiger partial charge in [0.1, 0.15) is 12.1 Å². The summed E-state index contributed by atoms with van der Waals surface area (Å²) in [5, 5.41) is 0. The maximum atomic E-state index is 12.9. The molecule has 0 bridgehead atoms. The van der Waals surface area contributed by atoms with E-state index in [1.165, 1.54) is 12.1 Å². The Bertz CT molecular complexity index is 407. The van der Waals surface area contributed by atoms with E-state index in [1.54, 1.807) is 6.07 Å². The Hall–Kier alpha value is -1.44. The number of aldehydes is 1. The highest BCUT2D eigenvalue weighted by atomic mass is 19.1. The van der Waals surface area contributed by atoms with E-state index in [9.17, 15) is 9.18 Å². The predicted molar refractivity (Wildman–Crippen MR) is 53.5 cm³/mol. The molecular formula is C12H11FO. The van der Waals surface area contributed by atoms with Gasteiger partial charge in [-0.25, -0.2) is 4.39 Å².